The van der Waals surface area contributed by atoms with Gasteiger partial charge in [-0.25, -0.2) is 0 Å². The number of aliphatic hydroxyl groups excluding tert-OH is 1. The summed E-state index contributed by atoms with van der Waals surface area (Å²) in [6.07, 6.45) is 3.27. The number of hydrogen-bond donors (Lipinski definition) is 6. The van der Waals surface area contributed by atoms with Crippen LogP contribution >= 0.6 is 11.6 Å². The number of halogens is 1. The van der Waals surface area contributed by atoms with E-state index in [0.29, 0.717) is 16.1 Å². The van der Waals surface area contributed by atoms with E-state index in [1.165, 1.54) is 20.2 Å². The third-order valence-corrected chi connectivity index (χ3v) is 8.04. The van der Waals surface area contributed by atoms with Crippen LogP contribution in [0.5, 0.6) is 0 Å². The van der Waals surface area contributed by atoms with E-state index in [2.05, 4.69) is 31.6 Å². The Labute approximate surface area is 289 Å². The van der Waals surface area contributed by atoms with Crippen molar-refractivity contribution in [3.8, 4) is 0 Å². The first-order valence-electron chi connectivity index (χ1n) is 15.7. The van der Waals surface area contributed by atoms with Gasteiger partial charge >= 0.3 is 0 Å². The predicted octanol–water partition coefficient (Wildman–Crippen LogP) is 1.61. The zero-order valence-corrected chi connectivity index (χ0v) is 27.9. The van der Waals surface area contributed by atoms with Gasteiger partial charge < -0.3 is 31.7 Å². The van der Waals surface area contributed by atoms with Gasteiger partial charge in [-0.2, -0.15) is 0 Å². The van der Waals surface area contributed by atoms with Crippen molar-refractivity contribution in [1.29, 1.82) is 0 Å². The highest BCUT2D eigenvalue weighted by Gasteiger charge is 2.31. The summed E-state index contributed by atoms with van der Waals surface area (Å²) in [5, 5.41) is 25.2. The molecule has 0 unspecified atom stereocenters. The minimum Gasteiger partial charge on any atom is -0.394 e. The molecule has 4 rings (SSSR count). The fourth-order valence-electron chi connectivity index (χ4n) is 5.27. The van der Waals surface area contributed by atoms with Crippen LogP contribution in [-0.2, 0) is 43.2 Å². The van der Waals surface area contributed by atoms with Crippen molar-refractivity contribution in [2.24, 2.45) is 0 Å². The van der Waals surface area contributed by atoms with Crippen molar-refractivity contribution >= 4 is 51.9 Å². The lowest BCUT2D eigenvalue weighted by Gasteiger charge is -2.26. The van der Waals surface area contributed by atoms with Crippen LogP contribution in [0.4, 0.5) is 0 Å². The van der Waals surface area contributed by atoms with Crippen LogP contribution in [0.1, 0.15) is 23.6 Å². The maximum Gasteiger partial charge on any atom is 0.244 e. The molecule has 0 saturated heterocycles. The molecule has 0 saturated carbocycles. The Kier molecular flexibility index (Phi) is 13.2. The molecular weight excluding hydrogens is 648 g/mol. The number of hydrogen-bond acceptors (Lipinski definition) is 7. The number of aromatic nitrogens is 1. The zero-order chi connectivity index (χ0) is 35.3. The first-order chi connectivity index (χ1) is 23.6. The van der Waals surface area contributed by atoms with E-state index in [1.807, 2.05) is 42.5 Å². The zero-order valence-electron chi connectivity index (χ0n) is 27.1. The Morgan fingerprint density at radius 1 is 0.653 bits per heavy atom. The van der Waals surface area contributed by atoms with Crippen LogP contribution in [0.25, 0.3) is 10.8 Å². The van der Waals surface area contributed by atoms with Gasteiger partial charge in [0.1, 0.15) is 24.2 Å². The largest absolute Gasteiger partial charge is 0.394 e. The standard InChI is InChI=1S/C36H39ClN6O6/c1-22(45)40-29(18-24-9-12-26-7-3-4-8-27(26)16-24)34(47)41-30(17-23-10-13-28(37)14-11-23)35(48)42-31(19-25-6-5-15-39-20-25)36(49)43-32(21-44)33(46)38-2/h3-16,20,29-32,44H,17-19,21H2,1-2H3,(H,38,46)(H,40,45)(H,41,47)(H,42,48)(H,43,49)/t29-,30-,31-,32+/m1/s1. The second kappa shape index (κ2) is 17.7. The minimum atomic E-state index is -1.26. The second-order valence-corrected chi connectivity index (χ2v) is 12.0. The molecule has 6 N–H and O–H groups in total. The van der Waals surface area contributed by atoms with Crippen LogP contribution < -0.4 is 26.6 Å². The predicted molar refractivity (Wildman–Crippen MR) is 185 cm³/mol. The lowest BCUT2D eigenvalue weighted by atomic mass is 9.99. The van der Waals surface area contributed by atoms with E-state index < -0.39 is 60.3 Å². The first kappa shape index (κ1) is 36.5. The van der Waals surface area contributed by atoms with Crippen LogP contribution in [0.15, 0.2) is 91.3 Å². The number of nitrogens with zero attached hydrogens (tertiary/aromatic N) is 1. The van der Waals surface area contributed by atoms with Gasteiger partial charge in [-0.05, 0) is 45.7 Å². The van der Waals surface area contributed by atoms with Crippen LogP contribution in [0.3, 0.4) is 0 Å². The third kappa shape index (κ3) is 10.8. The third-order valence-electron chi connectivity index (χ3n) is 7.79. The first-order valence-corrected chi connectivity index (χ1v) is 16.1. The van der Waals surface area contributed by atoms with Crippen molar-refractivity contribution < 1.29 is 29.1 Å². The molecule has 0 aliphatic carbocycles. The Balaban J connectivity index is 1.60. The summed E-state index contributed by atoms with van der Waals surface area (Å²) in [6, 6.07) is 18.9. The van der Waals surface area contributed by atoms with Crippen LogP contribution in [-0.4, -0.2) is 77.4 Å². The van der Waals surface area contributed by atoms with Crippen molar-refractivity contribution in [3.05, 3.63) is 113 Å². The molecule has 0 aliphatic heterocycles. The summed E-state index contributed by atoms with van der Waals surface area (Å²) in [5.74, 6) is -3.08. The highest BCUT2D eigenvalue weighted by Crippen LogP contribution is 2.17. The lowest BCUT2D eigenvalue weighted by Crippen LogP contribution is -2.59. The average molecular weight is 687 g/mol. The van der Waals surface area contributed by atoms with Crippen molar-refractivity contribution in [3.63, 3.8) is 0 Å². The van der Waals surface area contributed by atoms with E-state index in [-0.39, 0.29) is 19.3 Å². The van der Waals surface area contributed by atoms with E-state index in [0.717, 1.165) is 16.3 Å². The van der Waals surface area contributed by atoms with E-state index >= 15 is 0 Å². The number of nitrogens with one attached hydrogen (secondary N) is 5. The number of carbonyl (C=O) groups is 5. The van der Waals surface area contributed by atoms with Gasteiger partial charge in [-0.3, -0.25) is 29.0 Å². The van der Waals surface area contributed by atoms with E-state index in [4.69, 9.17) is 11.6 Å². The number of fused-ring (bicyclic) bond motifs is 1. The SMILES string of the molecule is CNC(=O)[C@H](CO)NC(=O)[C@@H](Cc1cccnc1)NC(=O)[C@@H](Cc1ccc(Cl)cc1)NC(=O)[C@@H](Cc1ccc2ccccc2c1)NC(C)=O. The van der Waals surface area contributed by atoms with Crippen molar-refractivity contribution in [2.75, 3.05) is 13.7 Å². The smallest absolute Gasteiger partial charge is 0.244 e. The maximum absolute atomic E-state index is 14.0. The lowest BCUT2D eigenvalue weighted by molar-refractivity contribution is -0.134. The van der Waals surface area contributed by atoms with Gasteiger partial charge in [-0.15, -0.1) is 0 Å². The Hall–Kier alpha value is -5.33. The summed E-state index contributed by atoms with van der Waals surface area (Å²) in [6.45, 7) is 0.634. The molecule has 4 aromatic rings. The number of amides is 5. The monoisotopic (exact) mass is 686 g/mol. The normalized spacial score (nSPS) is 13.3. The summed E-state index contributed by atoms with van der Waals surface area (Å²) < 4.78 is 0. The quantitative estimate of drug-likeness (QED) is 0.110. The number of rotatable bonds is 15. The van der Waals surface area contributed by atoms with Crippen molar-refractivity contribution in [1.82, 2.24) is 31.6 Å². The van der Waals surface area contributed by atoms with Crippen molar-refractivity contribution in [2.45, 2.75) is 50.4 Å². The van der Waals surface area contributed by atoms with Gasteiger partial charge in [0.05, 0.1) is 6.61 Å². The van der Waals surface area contributed by atoms with E-state index in [9.17, 15) is 29.1 Å². The Morgan fingerprint density at radius 2 is 1.20 bits per heavy atom. The molecule has 12 nitrogen and oxygen atoms in total. The molecule has 256 valence electrons. The summed E-state index contributed by atoms with van der Waals surface area (Å²) >= 11 is 6.08. The van der Waals surface area contributed by atoms with Gasteiger partial charge in [-0.1, -0.05) is 72.3 Å². The number of carbonyl (C=O) groups excluding carboxylic acids is 5. The highest BCUT2D eigenvalue weighted by atomic mass is 35.5. The highest BCUT2D eigenvalue weighted by molar-refractivity contribution is 6.30. The molecule has 0 bridgehead atoms. The average Bonchev–Trinajstić information content (AvgIpc) is 3.10. The maximum atomic E-state index is 14.0. The second-order valence-electron chi connectivity index (χ2n) is 11.5. The molecule has 49 heavy (non-hydrogen) atoms. The Morgan fingerprint density at radius 3 is 1.78 bits per heavy atom. The van der Waals surface area contributed by atoms with Gasteiger partial charge in [0.25, 0.3) is 0 Å². The molecule has 1 aromatic heterocycles. The minimum absolute atomic E-state index is 0.00457. The fraction of sp³-hybridized carbons (Fsp3) is 0.278. The topological polar surface area (TPSA) is 179 Å². The fourth-order valence-corrected chi connectivity index (χ4v) is 5.40. The molecule has 4 atom stereocenters. The number of benzene rings is 3. The molecular formula is C36H39ClN6O6. The molecule has 13 heteroatoms. The van der Waals surface area contributed by atoms with Gasteiger partial charge in [0, 0.05) is 50.7 Å². The number of aliphatic hydroxyl groups is 1. The number of likely N-dealkylation sites (N-methyl/N-ethyl adjacent to an activating group) is 1. The summed E-state index contributed by atoms with van der Waals surface area (Å²) in [4.78, 5) is 69.7. The molecule has 5 amide bonds. The summed E-state index contributed by atoms with van der Waals surface area (Å²) in [5.41, 5.74) is 2.08. The number of pyridine rings is 1. The molecule has 0 aliphatic rings. The van der Waals surface area contributed by atoms with E-state index in [1.54, 1.807) is 42.6 Å². The molecule has 3 aromatic carbocycles. The van der Waals surface area contributed by atoms with Gasteiger partial charge in [0.15, 0.2) is 0 Å². The molecule has 0 fully saturated rings. The molecule has 0 radical (unpaired) electrons. The van der Waals surface area contributed by atoms with Crippen LogP contribution in [0.2, 0.25) is 5.02 Å². The van der Waals surface area contributed by atoms with Gasteiger partial charge in [0.2, 0.25) is 29.5 Å². The van der Waals surface area contributed by atoms with Crippen LogP contribution in [0, 0.1) is 0 Å². The molecule has 1 heterocycles. The summed E-state index contributed by atoms with van der Waals surface area (Å²) in [7, 11) is 1.37. The molecule has 0 spiro atoms. The Bertz CT molecular complexity index is 1770.